The van der Waals surface area contributed by atoms with Crippen LogP contribution in [0.4, 0.5) is 5.69 Å². The van der Waals surface area contributed by atoms with Crippen LogP contribution in [0.5, 0.6) is 0 Å². The summed E-state index contributed by atoms with van der Waals surface area (Å²) in [7, 11) is 0. The Hall–Kier alpha value is -1.79. The first-order valence-electron chi connectivity index (χ1n) is 3.65. The van der Waals surface area contributed by atoms with Gasteiger partial charge in [-0.05, 0) is 18.2 Å². The minimum atomic E-state index is -1.82. The number of rotatable bonds is 1. The van der Waals surface area contributed by atoms with Gasteiger partial charge in [0.25, 0.3) is 0 Å². The zero-order valence-corrected chi connectivity index (χ0v) is 8.23. The molecule has 0 amide bonds. The molecule has 1 aromatic rings. The van der Waals surface area contributed by atoms with E-state index in [1.165, 1.54) is 0 Å². The summed E-state index contributed by atoms with van der Waals surface area (Å²) in [6.45, 7) is 0. The lowest BCUT2D eigenvalue weighted by molar-refractivity contribution is -0.159. The van der Waals surface area contributed by atoms with Gasteiger partial charge in [-0.25, -0.2) is 9.59 Å². The molecule has 0 heterocycles. The van der Waals surface area contributed by atoms with Crippen molar-refractivity contribution in [1.82, 2.24) is 0 Å². The number of hydrogen-bond acceptors (Lipinski definition) is 4. The Balaban J connectivity index is 0.000000288. The van der Waals surface area contributed by atoms with Crippen LogP contribution < -0.4 is 11.3 Å². The number of halogens is 1. The Bertz CT molecular complexity index is 344. The molecule has 15 heavy (non-hydrogen) atoms. The van der Waals surface area contributed by atoms with Gasteiger partial charge in [-0.2, -0.15) is 0 Å². The average Bonchev–Trinajstić information content (AvgIpc) is 2.18. The van der Waals surface area contributed by atoms with Gasteiger partial charge in [-0.1, -0.05) is 17.7 Å². The van der Waals surface area contributed by atoms with Gasteiger partial charge < -0.3 is 15.6 Å². The van der Waals surface area contributed by atoms with Crippen molar-refractivity contribution in [2.24, 2.45) is 5.84 Å². The average molecular weight is 233 g/mol. The Labute approximate surface area is 90.2 Å². The Kier molecular flexibility index (Phi) is 5.84. The van der Waals surface area contributed by atoms with E-state index in [1.807, 2.05) is 12.1 Å². The van der Waals surface area contributed by atoms with Gasteiger partial charge in [-0.15, -0.1) is 0 Å². The van der Waals surface area contributed by atoms with Gasteiger partial charge in [0, 0.05) is 10.7 Å². The second kappa shape index (κ2) is 6.63. The van der Waals surface area contributed by atoms with E-state index in [9.17, 15) is 0 Å². The molecule has 82 valence electrons. The number of nitrogens with one attached hydrogen (secondary N) is 1. The number of carboxylic acids is 2. The van der Waals surface area contributed by atoms with E-state index in [0.717, 1.165) is 5.69 Å². The third kappa shape index (κ3) is 6.30. The molecule has 0 radical (unpaired) electrons. The summed E-state index contributed by atoms with van der Waals surface area (Å²) in [5.41, 5.74) is 3.31. The van der Waals surface area contributed by atoms with E-state index < -0.39 is 11.9 Å². The normalized spacial score (nSPS) is 8.40. The first-order chi connectivity index (χ1) is 6.97. The minimum Gasteiger partial charge on any atom is -0.473 e. The molecule has 0 bridgehead atoms. The molecular weight excluding hydrogens is 224 g/mol. The first-order valence-corrected chi connectivity index (χ1v) is 4.03. The van der Waals surface area contributed by atoms with Crippen LogP contribution in [-0.4, -0.2) is 22.2 Å². The second-order valence-corrected chi connectivity index (χ2v) is 2.70. The third-order valence-corrected chi connectivity index (χ3v) is 1.41. The Morgan fingerprint density at radius 2 is 1.80 bits per heavy atom. The summed E-state index contributed by atoms with van der Waals surface area (Å²) < 4.78 is 0. The van der Waals surface area contributed by atoms with Crippen LogP contribution in [0.3, 0.4) is 0 Å². The van der Waals surface area contributed by atoms with Crippen LogP contribution in [0.25, 0.3) is 0 Å². The molecule has 6 nitrogen and oxygen atoms in total. The lowest BCUT2D eigenvalue weighted by Crippen LogP contribution is -2.09. The van der Waals surface area contributed by atoms with Gasteiger partial charge in [0.2, 0.25) is 0 Å². The van der Waals surface area contributed by atoms with Gasteiger partial charge in [0.05, 0.1) is 0 Å². The number of nitrogen functional groups attached to an aromatic ring is 1. The number of anilines is 1. The number of carboxylic acid groups (broad SMARTS) is 2. The molecule has 0 saturated heterocycles. The maximum atomic E-state index is 9.10. The molecule has 7 heteroatoms. The topological polar surface area (TPSA) is 113 Å². The number of hydrazine groups is 1. The van der Waals surface area contributed by atoms with E-state index in [4.69, 9.17) is 37.2 Å². The van der Waals surface area contributed by atoms with Crippen LogP contribution in [0.1, 0.15) is 0 Å². The van der Waals surface area contributed by atoms with E-state index in [0.29, 0.717) is 5.02 Å². The van der Waals surface area contributed by atoms with E-state index in [-0.39, 0.29) is 0 Å². The van der Waals surface area contributed by atoms with Crippen molar-refractivity contribution in [2.75, 3.05) is 5.43 Å². The predicted molar refractivity (Wildman–Crippen MR) is 54.5 cm³/mol. The monoisotopic (exact) mass is 232 g/mol. The molecule has 1 aromatic carbocycles. The van der Waals surface area contributed by atoms with Crippen LogP contribution in [-0.2, 0) is 9.59 Å². The highest BCUT2D eigenvalue weighted by Gasteiger charge is 2.04. The smallest absolute Gasteiger partial charge is 0.414 e. The summed E-state index contributed by atoms with van der Waals surface area (Å²) in [5, 5.41) is 15.5. The molecule has 0 saturated carbocycles. The highest BCUT2D eigenvalue weighted by atomic mass is 35.5. The molecule has 0 aromatic heterocycles. The van der Waals surface area contributed by atoms with E-state index in [1.54, 1.807) is 12.1 Å². The molecule has 5 N–H and O–H groups in total. The Morgan fingerprint density at radius 3 is 2.07 bits per heavy atom. The van der Waals surface area contributed by atoms with Crippen molar-refractivity contribution in [1.29, 1.82) is 0 Å². The fraction of sp³-hybridized carbons (Fsp3) is 0. The molecule has 0 unspecified atom stereocenters. The highest BCUT2D eigenvalue weighted by Crippen LogP contribution is 2.12. The van der Waals surface area contributed by atoms with Gasteiger partial charge in [-0.3, -0.25) is 5.84 Å². The maximum Gasteiger partial charge on any atom is 0.414 e. The number of benzene rings is 1. The van der Waals surface area contributed by atoms with Gasteiger partial charge in [0.1, 0.15) is 0 Å². The van der Waals surface area contributed by atoms with Crippen molar-refractivity contribution in [2.45, 2.75) is 0 Å². The first kappa shape index (κ1) is 13.2. The standard InChI is InChI=1S/C6H7ClN2.C2H2O4/c7-5-2-1-3-6(4-5)9-8;3-1(4)2(5)6/h1-4,9H,8H2;(H,3,4)(H,5,6). The number of hydrogen-bond donors (Lipinski definition) is 4. The van der Waals surface area contributed by atoms with E-state index >= 15 is 0 Å². The lowest BCUT2D eigenvalue weighted by Gasteiger charge is -1.96. The summed E-state index contributed by atoms with van der Waals surface area (Å²) in [5.74, 6) is 1.46. The summed E-state index contributed by atoms with van der Waals surface area (Å²) >= 11 is 5.63. The zero-order chi connectivity index (χ0) is 11.8. The number of aliphatic carboxylic acids is 2. The lowest BCUT2D eigenvalue weighted by atomic mass is 10.3. The zero-order valence-electron chi connectivity index (χ0n) is 7.48. The molecule has 0 fully saturated rings. The summed E-state index contributed by atoms with van der Waals surface area (Å²) in [6.07, 6.45) is 0. The molecule has 0 spiro atoms. The van der Waals surface area contributed by atoms with Crippen LogP contribution >= 0.6 is 11.6 Å². The maximum absolute atomic E-state index is 9.10. The molecule has 0 aliphatic heterocycles. The molecule has 1 rings (SSSR count). The van der Waals surface area contributed by atoms with Crippen molar-refractivity contribution < 1.29 is 19.8 Å². The number of carbonyl (C=O) groups is 2. The molecule has 0 aliphatic rings. The largest absolute Gasteiger partial charge is 0.473 e. The van der Waals surface area contributed by atoms with Crippen molar-refractivity contribution in [3.05, 3.63) is 29.3 Å². The fourth-order valence-electron chi connectivity index (χ4n) is 0.578. The fourth-order valence-corrected chi connectivity index (χ4v) is 0.769. The highest BCUT2D eigenvalue weighted by molar-refractivity contribution is 6.30. The quantitative estimate of drug-likeness (QED) is 0.323. The van der Waals surface area contributed by atoms with Crippen molar-refractivity contribution >= 4 is 29.2 Å². The summed E-state index contributed by atoms with van der Waals surface area (Å²) in [4.78, 5) is 18.2. The van der Waals surface area contributed by atoms with Gasteiger partial charge in [0.15, 0.2) is 0 Å². The van der Waals surface area contributed by atoms with Crippen LogP contribution in [0.15, 0.2) is 24.3 Å². The molecular formula is C8H9ClN2O4. The molecule has 0 atom stereocenters. The summed E-state index contributed by atoms with van der Waals surface area (Å²) in [6, 6.07) is 7.22. The molecule has 0 aliphatic carbocycles. The predicted octanol–water partition coefficient (Wildman–Crippen LogP) is 0.781. The Morgan fingerprint density at radius 1 is 1.27 bits per heavy atom. The minimum absolute atomic E-state index is 0.686. The third-order valence-electron chi connectivity index (χ3n) is 1.17. The van der Waals surface area contributed by atoms with Crippen molar-refractivity contribution in [3.63, 3.8) is 0 Å². The number of nitrogens with two attached hydrogens (primary N) is 1. The van der Waals surface area contributed by atoms with E-state index in [2.05, 4.69) is 5.43 Å². The SMILES string of the molecule is NNc1cccc(Cl)c1.O=C(O)C(=O)O. The van der Waals surface area contributed by atoms with Crippen LogP contribution in [0.2, 0.25) is 5.02 Å². The second-order valence-electron chi connectivity index (χ2n) is 2.26. The van der Waals surface area contributed by atoms with Crippen molar-refractivity contribution in [3.8, 4) is 0 Å². The van der Waals surface area contributed by atoms with Gasteiger partial charge >= 0.3 is 11.9 Å². The van der Waals surface area contributed by atoms with Crippen LogP contribution in [0, 0.1) is 0 Å².